The second kappa shape index (κ2) is 13.0. The minimum absolute atomic E-state index is 0.00170. The zero-order valence-electron chi connectivity index (χ0n) is 22.8. The van der Waals surface area contributed by atoms with E-state index >= 15 is 0 Å². The van der Waals surface area contributed by atoms with Crippen LogP contribution in [0.1, 0.15) is 60.4 Å². The zero-order chi connectivity index (χ0) is 27.9. The Hall–Kier alpha value is -3.85. The van der Waals surface area contributed by atoms with Crippen LogP contribution in [0.4, 0.5) is 4.39 Å². The molecule has 3 atom stereocenters. The van der Waals surface area contributed by atoms with Crippen molar-refractivity contribution in [1.29, 1.82) is 0 Å². The summed E-state index contributed by atoms with van der Waals surface area (Å²) in [5.74, 6) is -0.104. The molecule has 2 heterocycles. The fraction of sp³-hybridized carbons (Fsp3) is 0.419. The lowest BCUT2D eigenvalue weighted by atomic mass is 10.1. The molecule has 0 bridgehead atoms. The van der Waals surface area contributed by atoms with Crippen LogP contribution in [-0.4, -0.2) is 74.9 Å². The van der Waals surface area contributed by atoms with Crippen LogP contribution >= 0.6 is 0 Å². The van der Waals surface area contributed by atoms with Gasteiger partial charge >= 0.3 is 0 Å². The first kappa shape index (κ1) is 27.7. The summed E-state index contributed by atoms with van der Waals surface area (Å²) in [4.78, 5) is 31.0. The van der Waals surface area contributed by atoms with Gasteiger partial charge in [0.15, 0.2) is 0 Å². The largest absolute Gasteiger partial charge is 0.341 e. The summed E-state index contributed by atoms with van der Waals surface area (Å²) < 4.78 is 15.0. The van der Waals surface area contributed by atoms with Crippen LogP contribution < -0.4 is 5.32 Å². The second-order valence-corrected chi connectivity index (χ2v) is 10.7. The molecule has 1 N–H and O–H groups in total. The minimum atomic E-state index is -0.585. The van der Waals surface area contributed by atoms with E-state index in [4.69, 9.17) is 0 Å². The van der Waals surface area contributed by atoms with Crippen molar-refractivity contribution in [3.63, 3.8) is 0 Å². The third-order valence-corrected chi connectivity index (χ3v) is 7.91. The van der Waals surface area contributed by atoms with Gasteiger partial charge in [-0.1, -0.05) is 23.4 Å². The number of aromatic nitrogens is 3. The first-order valence-corrected chi connectivity index (χ1v) is 14.2. The highest BCUT2D eigenvalue weighted by Crippen LogP contribution is 2.44. The lowest BCUT2D eigenvalue weighted by molar-refractivity contribution is -0.134. The van der Waals surface area contributed by atoms with Crippen molar-refractivity contribution in [2.75, 3.05) is 26.2 Å². The van der Waals surface area contributed by atoms with Gasteiger partial charge in [-0.3, -0.25) is 14.5 Å². The van der Waals surface area contributed by atoms with E-state index in [1.54, 1.807) is 29.2 Å². The van der Waals surface area contributed by atoms with E-state index in [2.05, 4.69) is 27.1 Å². The van der Waals surface area contributed by atoms with Gasteiger partial charge in [-0.15, -0.1) is 11.7 Å². The Kier molecular flexibility index (Phi) is 9.01. The Balaban J connectivity index is 1.22. The van der Waals surface area contributed by atoms with E-state index in [1.165, 1.54) is 12.1 Å². The number of rotatable bonds is 12. The Labute approximate surface area is 234 Å². The third-order valence-electron chi connectivity index (χ3n) is 7.91. The van der Waals surface area contributed by atoms with Gasteiger partial charge in [-0.2, -0.15) is 0 Å². The fourth-order valence-corrected chi connectivity index (χ4v) is 5.66. The van der Waals surface area contributed by atoms with Crippen LogP contribution in [-0.2, 0) is 4.79 Å². The molecule has 1 saturated heterocycles. The maximum Gasteiger partial charge on any atom is 0.251 e. The fourth-order valence-electron chi connectivity index (χ4n) is 5.66. The zero-order valence-corrected chi connectivity index (χ0v) is 22.8. The predicted molar refractivity (Wildman–Crippen MR) is 152 cm³/mol. The van der Waals surface area contributed by atoms with Crippen molar-refractivity contribution >= 4 is 11.8 Å². The molecule has 0 spiro atoms. The Morgan fingerprint density at radius 2 is 1.85 bits per heavy atom. The van der Waals surface area contributed by atoms with Crippen LogP contribution in [0.25, 0.3) is 5.69 Å². The lowest BCUT2D eigenvalue weighted by Crippen LogP contribution is -2.50. The Morgan fingerprint density at radius 3 is 2.52 bits per heavy atom. The molecular weight excluding hydrogens is 507 g/mol. The number of benzene rings is 2. The summed E-state index contributed by atoms with van der Waals surface area (Å²) in [7, 11) is 0. The topological polar surface area (TPSA) is 83.4 Å². The van der Waals surface area contributed by atoms with Crippen molar-refractivity contribution in [1.82, 2.24) is 30.1 Å². The van der Waals surface area contributed by atoms with E-state index in [0.717, 1.165) is 69.5 Å². The molecule has 3 aromatic rings. The number of hydrogen-bond acceptors (Lipinski definition) is 5. The Bertz CT molecular complexity index is 1270. The van der Waals surface area contributed by atoms with Gasteiger partial charge in [0.25, 0.3) is 5.91 Å². The highest BCUT2D eigenvalue weighted by Gasteiger charge is 2.42. The highest BCUT2D eigenvalue weighted by molar-refractivity contribution is 5.97. The average Bonchev–Trinajstić information content (AvgIpc) is 3.59. The number of carbonyl (C=O) groups excluding carboxylic acids is 2. The van der Waals surface area contributed by atoms with E-state index in [-0.39, 0.29) is 17.6 Å². The van der Waals surface area contributed by atoms with Gasteiger partial charge in [0.05, 0.1) is 18.1 Å². The van der Waals surface area contributed by atoms with E-state index < -0.39 is 6.04 Å². The molecule has 1 aromatic heterocycles. The lowest BCUT2D eigenvalue weighted by Gasteiger charge is -2.31. The summed E-state index contributed by atoms with van der Waals surface area (Å²) in [5.41, 5.74) is 2.45. The molecular formula is C31H37FN6O2. The van der Waals surface area contributed by atoms with Crippen LogP contribution in [0, 0.1) is 5.82 Å². The normalized spacial score (nSPS) is 19.3. The van der Waals surface area contributed by atoms with E-state index in [9.17, 15) is 14.0 Å². The van der Waals surface area contributed by atoms with Crippen LogP contribution in [0.2, 0.25) is 0 Å². The molecule has 5 rings (SSSR count). The standard InChI is InChI=1S/C31H37FN6O2/c1-2-17-36(29-22-27(29)23-8-12-25(32)13-9-23)20-6-7-28(31(40)37-18-4-3-5-19-37)34-30(39)24-10-14-26(15-11-24)38-21-16-33-35-38/h2,8-16,21,27-29H,1,3-7,17-20,22H2,(H,34,39)/t27-,28-,29+/m0/s1. The van der Waals surface area contributed by atoms with Crippen molar-refractivity contribution in [3.8, 4) is 5.69 Å². The van der Waals surface area contributed by atoms with Gasteiger partial charge in [-0.25, -0.2) is 9.07 Å². The number of hydrogen-bond donors (Lipinski definition) is 1. The first-order chi connectivity index (χ1) is 19.5. The summed E-state index contributed by atoms with van der Waals surface area (Å²) >= 11 is 0. The van der Waals surface area contributed by atoms with Gasteiger partial charge in [-0.05, 0) is 87.0 Å². The molecule has 2 amide bonds. The second-order valence-electron chi connectivity index (χ2n) is 10.7. The maximum absolute atomic E-state index is 13.5. The molecule has 8 nitrogen and oxygen atoms in total. The summed E-state index contributed by atoms with van der Waals surface area (Å²) in [6.45, 7) is 6.95. The smallest absolute Gasteiger partial charge is 0.251 e. The van der Waals surface area contributed by atoms with Crippen LogP contribution in [0.3, 0.4) is 0 Å². The Morgan fingerprint density at radius 1 is 1.10 bits per heavy atom. The molecule has 0 radical (unpaired) electrons. The van der Waals surface area contributed by atoms with E-state index in [1.807, 2.05) is 35.2 Å². The first-order valence-electron chi connectivity index (χ1n) is 14.2. The maximum atomic E-state index is 13.5. The SMILES string of the molecule is C=CCN(CCC[C@H](NC(=O)c1ccc(-n2ccnn2)cc1)C(=O)N1CCCCC1)[C@@H]1C[C@H]1c1ccc(F)cc1. The number of carbonyl (C=O) groups is 2. The molecule has 40 heavy (non-hydrogen) atoms. The molecule has 9 heteroatoms. The summed E-state index contributed by atoms with van der Waals surface area (Å²) in [6, 6.07) is 13.7. The van der Waals surface area contributed by atoms with Crippen molar-refractivity contribution < 1.29 is 14.0 Å². The molecule has 210 valence electrons. The summed E-state index contributed by atoms with van der Waals surface area (Å²) in [6.07, 6.45) is 10.7. The van der Waals surface area contributed by atoms with Gasteiger partial charge in [0.1, 0.15) is 11.9 Å². The molecule has 2 aliphatic rings. The number of likely N-dealkylation sites (tertiary alicyclic amines) is 1. The van der Waals surface area contributed by atoms with Crippen LogP contribution in [0.5, 0.6) is 0 Å². The molecule has 0 unspecified atom stereocenters. The predicted octanol–water partition coefficient (Wildman–Crippen LogP) is 4.34. The molecule has 1 saturated carbocycles. The van der Waals surface area contributed by atoms with Crippen molar-refractivity contribution in [2.24, 2.45) is 0 Å². The van der Waals surface area contributed by atoms with Crippen molar-refractivity contribution in [2.45, 2.75) is 56.5 Å². The minimum Gasteiger partial charge on any atom is -0.341 e. The number of halogens is 1. The van der Waals surface area contributed by atoms with Crippen LogP contribution in [0.15, 0.2) is 73.6 Å². The molecule has 2 aromatic carbocycles. The van der Waals surface area contributed by atoms with E-state index in [0.29, 0.717) is 23.9 Å². The number of nitrogens with one attached hydrogen (secondary N) is 1. The number of piperidine rings is 1. The average molecular weight is 545 g/mol. The van der Waals surface area contributed by atoms with Crippen molar-refractivity contribution in [3.05, 3.63) is 90.5 Å². The van der Waals surface area contributed by atoms with Gasteiger partial charge in [0.2, 0.25) is 5.91 Å². The highest BCUT2D eigenvalue weighted by atomic mass is 19.1. The monoisotopic (exact) mass is 544 g/mol. The molecule has 1 aliphatic carbocycles. The molecule has 1 aliphatic heterocycles. The van der Waals surface area contributed by atoms with Gasteiger partial charge in [0, 0.05) is 37.2 Å². The third kappa shape index (κ3) is 6.83. The van der Waals surface area contributed by atoms with Gasteiger partial charge < -0.3 is 10.2 Å². The quantitative estimate of drug-likeness (QED) is 0.343. The number of amides is 2. The number of nitrogens with zero attached hydrogens (tertiary/aromatic N) is 5. The molecule has 2 fully saturated rings. The summed E-state index contributed by atoms with van der Waals surface area (Å²) in [5, 5.41) is 10.8.